The summed E-state index contributed by atoms with van der Waals surface area (Å²) >= 11 is 3.42. The quantitative estimate of drug-likeness (QED) is 0.819. The second-order valence-corrected chi connectivity index (χ2v) is 6.43. The van der Waals surface area contributed by atoms with Gasteiger partial charge in [-0.3, -0.25) is 0 Å². The molecular weight excluding hydrogens is 306 g/mol. The third kappa shape index (κ3) is 7.88. The molecule has 0 aliphatic heterocycles. The van der Waals surface area contributed by atoms with Gasteiger partial charge in [-0.2, -0.15) is 0 Å². The van der Waals surface area contributed by atoms with Crippen LogP contribution < -0.4 is 5.32 Å². The number of carbonyl (C=O) groups is 1. The summed E-state index contributed by atoms with van der Waals surface area (Å²) in [5.41, 5.74) is 0.891. The first-order valence-corrected chi connectivity index (χ1v) is 7.37. The first kappa shape index (κ1) is 16.0. The van der Waals surface area contributed by atoms with Gasteiger partial charge >= 0.3 is 6.09 Å². The maximum absolute atomic E-state index is 11.4. The van der Waals surface area contributed by atoms with Gasteiger partial charge in [0.15, 0.2) is 0 Å². The SMILES string of the molecule is CC(C)(C)OC(=O)NCCCCc1ccc(Br)cc1. The van der Waals surface area contributed by atoms with Crippen molar-refractivity contribution in [3.63, 3.8) is 0 Å². The minimum Gasteiger partial charge on any atom is -0.444 e. The standard InChI is InChI=1S/C15H22BrNO2/c1-15(2,3)19-14(18)17-11-5-4-6-12-7-9-13(16)10-8-12/h7-10H,4-6,11H2,1-3H3,(H,17,18). The van der Waals surface area contributed by atoms with Crippen molar-refractivity contribution in [1.29, 1.82) is 0 Å². The van der Waals surface area contributed by atoms with E-state index in [4.69, 9.17) is 4.74 Å². The Kier molecular flexibility index (Phi) is 6.35. The lowest BCUT2D eigenvalue weighted by atomic mass is 10.1. The Labute approximate surface area is 123 Å². The predicted molar refractivity (Wildman–Crippen MR) is 81.3 cm³/mol. The summed E-state index contributed by atoms with van der Waals surface area (Å²) < 4.78 is 6.26. The van der Waals surface area contributed by atoms with Crippen LogP contribution in [0.1, 0.15) is 39.2 Å². The molecule has 1 N–H and O–H groups in total. The molecule has 0 aromatic heterocycles. The highest BCUT2D eigenvalue weighted by atomic mass is 79.9. The monoisotopic (exact) mass is 327 g/mol. The number of benzene rings is 1. The molecule has 0 atom stereocenters. The Hall–Kier alpha value is -1.03. The molecule has 1 aromatic rings. The van der Waals surface area contributed by atoms with E-state index < -0.39 is 5.60 Å². The van der Waals surface area contributed by atoms with Gasteiger partial charge in [0.2, 0.25) is 0 Å². The first-order chi connectivity index (χ1) is 8.87. The number of halogens is 1. The van der Waals surface area contributed by atoms with Crippen molar-refractivity contribution in [2.75, 3.05) is 6.54 Å². The van der Waals surface area contributed by atoms with E-state index in [0.29, 0.717) is 6.54 Å². The number of rotatable bonds is 5. The second kappa shape index (κ2) is 7.53. The summed E-state index contributed by atoms with van der Waals surface area (Å²) in [7, 11) is 0. The van der Waals surface area contributed by atoms with Gasteiger partial charge in [-0.25, -0.2) is 4.79 Å². The largest absolute Gasteiger partial charge is 0.444 e. The van der Waals surface area contributed by atoms with Crippen molar-refractivity contribution in [3.8, 4) is 0 Å². The molecule has 0 fully saturated rings. The average Bonchev–Trinajstić information content (AvgIpc) is 2.29. The van der Waals surface area contributed by atoms with Crippen LogP contribution in [0.3, 0.4) is 0 Å². The number of nitrogens with one attached hydrogen (secondary N) is 1. The minimum absolute atomic E-state index is 0.337. The summed E-state index contributed by atoms with van der Waals surface area (Å²) in [6.45, 7) is 6.24. The smallest absolute Gasteiger partial charge is 0.407 e. The molecule has 0 aliphatic carbocycles. The van der Waals surface area contributed by atoms with Gasteiger partial charge in [0.1, 0.15) is 5.60 Å². The van der Waals surface area contributed by atoms with Crippen LogP contribution in [-0.2, 0) is 11.2 Å². The zero-order valence-corrected chi connectivity index (χ0v) is 13.4. The van der Waals surface area contributed by atoms with Crippen LogP contribution in [0.4, 0.5) is 4.79 Å². The van der Waals surface area contributed by atoms with Crippen LogP contribution in [0.5, 0.6) is 0 Å². The van der Waals surface area contributed by atoms with Crippen molar-refractivity contribution in [2.24, 2.45) is 0 Å². The highest BCUT2D eigenvalue weighted by molar-refractivity contribution is 9.10. The number of hydrogen-bond donors (Lipinski definition) is 1. The van der Waals surface area contributed by atoms with Crippen molar-refractivity contribution in [2.45, 2.75) is 45.6 Å². The van der Waals surface area contributed by atoms with Crippen LogP contribution >= 0.6 is 15.9 Å². The van der Waals surface area contributed by atoms with Crippen molar-refractivity contribution < 1.29 is 9.53 Å². The van der Waals surface area contributed by atoms with Crippen LogP contribution in [0.2, 0.25) is 0 Å². The fourth-order valence-corrected chi connectivity index (χ4v) is 1.87. The summed E-state index contributed by atoms with van der Waals surface area (Å²) in [6.07, 6.45) is 2.70. The molecule has 0 saturated carbocycles. The number of carbonyl (C=O) groups excluding carboxylic acids is 1. The van der Waals surface area contributed by atoms with E-state index in [1.165, 1.54) is 5.56 Å². The summed E-state index contributed by atoms with van der Waals surface area (Å²) in [5.74, 6) is 0. The second-order valence-electron chi connectivity index (χ2n) is 5.51. The molecule has 0 aliphatic rings. The molecule has 1 aromatic carbocycles. The highest BCUT2D eigenvalue weighted by Gasteiger charge is 2.15. The molecule has 0 spiro atoms. The Bertz CT molecular complexity index is 396. The van der Waals surface area contributed by atoms with Crippen LogP contribution in [-0.4, -0.2) is 18.2 Å². The van der Waals surface area contributed by atoms with Gasteiger partial charge in [-0.05, 0) is 57.7 Å². The summed E-state index contributed by atoms with van der Waals surface area (Å²) in [5, 5.41) is 2.77. The molecule has 1 amide bonds. The predicted octanol–water partition coefficient (Wildman–Crippen LogP) is 4.30. The molecule has 19 heavy (non-hydrogen) atoms. The fourth-order valence-electron chi connectivity index (χ4n) is 1.61. The zero-order valence-electron chi connectivity index (χ0n) is 11.8. The lowest BCUT2D eigenvalue weighted by Crippen LogP contribution is -2.33. The first-order valence-electron chi connectivity index (χ1n) is 6.58. The number of aryl methyl sites for hydroxylation is 1. The molecule has 3 nitrogen and oxygen atoms in total. The van der Waals surface area contributed by atoms with Gasteiger partial charge in [0, 0.05) is 11.0 Å². The van der Waals surface area contributed by atoms with E-state index in [0.717, 1.165) is 23.7 Å². The zero-order chi connectivity index (χ0) is 14.3. The Morgan fingerprint density at radius 3 is 2.42 bits per heavy atom. The van der Waals surface area contributed by atoms with Crippen LogP contribution in [0.15, 0.2) is 28.7 Å². The molecule has 0 unspecified atom stereocenters. The molecule has 106 valence electrons. The van der Waals surface area contributed by atoms with Gasteiger partial charge in [-0.15, -0.1) is 0 Å². The summed E-state index contributed by atoms with van der Waals surface area (Å²) in [6, 6.07) is 8.33. The van der Waals surface area contributed by atoms with E-state index in [-0.39, 0.29) is 6.09 Å². The topological polar surface area (TPSA) is 38.3 Å². The molecule has 1 rings (SSSR count). The molecule has 0 heterocycles. The molecule has 0 bridgehead atoms. The third-order valence-corrected chi connectivity index (χ3v) is 3.00. The third-order valence-electron chi connectivity index (χ3n) is 2.47. The van der Waals surface area contributed by atoms with Crippen molar-refractivity contribution in [1.82, 2.24) is 5.32 Å². The number of hydrogen-bond acceptors (Lipinski definition) is 2. The lowest BCUT2D eigenvalue weighted by Gasteiger charge is -2.19. The number of alkyl carbamates (subject to hydrolysis) is 1. The number of ether oxygens (including phenoxy) is 1. The minimum atomic E-state index is -0.429. The van der Waals surface area contributed by atoms with E-state index in [1.807, 2.05) is 32.9 Å². The summed E-state index contributed by atoms with van der Waals surface area (Å²) in [4.78, 5) is 11.4. The molecular formula is C15H22BrNO2. The fraction of sp³-hybridized carbons (Fsp3) is 0.533. The van der Waals surface area contributed by atoms with E-state index >= 15 is 0 Å². The maximum atomic E-state index is 11.4. The molecule has 0 saturated heterocycles. The van der Waals surface area contributed by atoms with Gasteiger partial charge < -0.3 is 10.1 Å². The van der Waals surface area contributed by atoms with Gasteiger partial charge in [0.25, 0.3) is 0 Å². The number of amides is 1. The number of unbranched alkanes of at least 4 members (excludes halogenated alkanes) is 1. The normalized spacial score (nSPS) is 11.2. The highest BCUT2D eigenvalue weighted by Crippen LogP contribution is 2.12. The Morgan fingerprint density at radius 2 is 1.84 bits per heavy atom. The Balaban J connectivity index is 2.11. The van der Waals surface area contributed by atoms with Crippen molar-refractivity contribution in [3.05, 3.63) is 34.3 Å². The lowest BCUT2D eigenvalue weighted by molar-refractivity contribution is 0.0527. The van der Waals surface area contributed by atoms with E-state index in [1.54, 1.807) is 0 Å². The van der Waals surface area contributed by atoms with E-state index in [2.05, 4.69) is 33.4 Å². The van der Waals surface area contributed by atoms with Crippen molar-refractivity contribution >= 4 is 22.0 Å². The molecule has 4 heteroatoms. The van der Waals surface area contributed by atoms with Crippen LogP contribution in [0, 0.1) is 0 Å². The van der Waals surface area contributed by atoms with Crippen LogP contribution in [0.25, 0.3) is 0 Å². The average molecular weight is 328 g/mol. The van der Waals surface area contributed by atoms with E-state index in [9.17, 15) is 4.79 Å². The maximum Gasteiger partial charge on any atom is 0.407 e. The Morgan fingerprint density at radius 1 is 1.21 bits per heavy atom. The van der Waals surface area contributed by atoms with Gasteiger partial charge in [0.05, 0.1) is 0 Å². The van der Waals surface area contributed by atoms with Gasteiger partial charge in [-0.1, -0.05) is 28.1 Å². The molecule has 0 radical (unpaired) electrons.